The molecule has 1 amide bonds. The van der Waals surface area contributed by atoms with Gasteiger partial charge in [0.1, 0.15) is 12.4 Å². The number of ether oxygens (including phenoxy) is 1. The van der Waals surface area contributed by atoms with Crippen LogP contribution < -0.4 is 10.1 Å². The summed E-state index contributed by atoms with van der Waals surface area (Å²) in [7, 11) is 0. The second kappa shape index (κ2) is 5.69. The lowest BCUT2D eigenvalue weighted by atomic mass is 10.1. The smallest absolute Gasteiger partial charge is 0.250 e. The van der Waals surface area contributed by atoms with Gasteiger partial charge >= 0.3 is 0 Å². The summed E-state index contributed by atoms with van der Waals surface area (Å²) in [5, 5.41) is 5.51. The Morgan fingerprint density at radius 2 is 2.30 bits per heavy atom. The average molecular weight is 306 g/mol. The number of rotatable bonds is 3. The first-order valence-electron chi connectivity index (χ1n) is 6.16. The number of hydrogen-bond acceptors (Lipinski definition) is 3. The Morgan fingerprint density at radius 3 is 3.10 bits per heavy atom. The summed E-state index contributed by atoms with van der Waals surface area (Å²) in [4.78, 5) is 13.2. The van der Waals surface area contributed by atoms with Crippen LogP contribution in [0.25, 0.3) is 6.08 Å². The van der Waals surface area contributed by atoms with E-state index in [0.717, 1.165) is 16.2 Å². The third-order valence-corrected chi connectivity index (χ3v) is 4.09. The molecule has 1 aromatic heterocycles. The molecule has 0 spiro atoms. The maximum atomic E-state index is 12.1. The normalized spacial score (nSPS) is 13.2. The first-order valence-corrected chi connectivity index (χ1v) is 7.41. The van der Waals surface area contributed by atoms with Gasteiger partial charge in [-0.2, -0.15) is 0 Å². The van der Waals surface area contributed by atoms with Crippen molar-refractivity contribution in [1.82, 2.24) is 5.32 Å². The second-order valence-electron chi connectivity index (χ2n) is 4.40. The molecule has 0 aliphatic carbocycles. The Kier molecular flexibility index (Phi) is 3.76. The molecule has 1 aliphatic rings. The zero-order valence-corrected chi connectivity index (χ0v) is 12.1. The van der Waals surface area contributed by atoms with Crippen molar-refractivity contribution in [2.75, 3.05) is 6.61 Å². The van der Waals surface area contributed by atoms with Crippen LogP contribution in [0.2, 0.25) is 5.02 Å². The van der Waals surface area contributed by atoms with Gasteiger partial charge in [0.2, 0.25) is 0 Å². The van der Waals surface area contributed by atoms with Gasteiger partial charge in [-0.25, -0.2) is 0 Å². The molecule has 3 nitrogen and oxygen atoms in total. The van der Waals surface area contributed by atoms with E-state index in [4.69, 9.17) is 16.3 Å². The van der Waals surface area contributed by atoms with Gasteiger partial charge in [-0.15, -0.1) is 11.3 Å². The molecule has 3 rings (SSSR count). The molecular formula is C15H12ClNO2S. The summed E-state index contributed by atoms with van der Waals surface area (Å²) < 4.78 is 5.56. The third kappa shape index (κ3) is 2.86. The van der Waals surface area contributed by atoms with E-state index >= 15 is 0 Å². The lowest BCUT2D eigenvalue weighted by molar-refractivity contribution is -0.117. The van der Waals surface area contributed by atoms with E-state index in [2.05, 4.69) is 5.32 Å². The van der Waals surface area contributed by atoms with Crippen molar-refractivity contribution in [3.63, 3.8) is 0 Å². The minimum atomic E-state index is -0.107. The van der Waals surface area contributed by atoms with Crippen LogP contribution in [0.3, 0.4) is 0 Å². The summed E-state index contributed by atoms with van der Waals surface area (Å²) in [5.41, 5.74) is 1.45. The minimum absolute atomic E-state index is 0.107. The van der Waals surface area contributed by atoms with E-state index in [0.29, 0.717) is 17.1 Å². The Labute approximate surface area is 125 Å². The van der Waals surface area contributed by atoms with Gasteiger partial charge in [0.15, 0.2) is 0 Å². The highest BCUT2D eigenvalue weighted by Crippen LogP contribution is 2.28. The van der Waals surface area contributed by atoms with Gasteiger partial charge in [0.05, 0.1) is 12.1 Å². The molecule has 20 heavy (non-hydrogen) atoms. The molecule has 5 heteroatoms. The van der Waals surface area contributed by atoms with Crippen LogP contribution in [-0.4, -0.2) is 12.5 Å². The number of carbonyl (C=O) groups is 1. The lowest BCUT2D eigenvalue weighted by Crippen LogP contribution is -2.27. The summed E-state index contributed by atoms with van der Waals surface area (Å²) in [6.07, 6.45) is 1.83. The zero-order chi connectivity index (χ0) is 13.9. The number of benzene rings is 1. The highest BCUT2D eigenvalue weighted by atomic mass is 35.5. The number of carbonyl (C=O) groups excluding carboxylic acids is 1. The largest absolute Gasteiger partial charge is 0.488 e. The predicted octanol–water partition coefficient (Wildman–Crippen LogP) is 3.49. The van der Waals surface area contributed by atoms with Crippen molar-refractivity contribution in [2.45, 2.75) is 6.54 Å². The fourth-order valence-electron chi connectivity index (χ4n) is 1.97. The number of thiophene rings is 1. The minimum Gasteiger partial charge on any atom is -0.488 e. The Morgan fingerprint density at radius 1 is 1.40 bits per heavy atom. The molecule has 0 unspecified atom stereocenters. The molecule has 0 fully saturated rings. The molecular weight excluding hydrogens is 294 g/mol. The van der Waals surface area contributed by atoms with Crippen molar-refractivity contribution >= 4 is 34.9 Å². The molecule has 0 saturated heterocycles. The van der Waals surface area contributed by atoms with Crippen molar-refractivity contribution in [2.24, 2.45) is 0 Å². The molecule has 1 aliphatic heterocycles. The summed E-state index contributed by atoms with van der Waals surface area (Å²) >= 11 is 7.57. The van der Waals surface area contributed by atoms with Crippen LogP contribution in [0.1, 0.15) is 10.4 Å². The first-order chi connectivity index (χ1) is 9.72. The van der Waals surface area contributed by atoms with Gasteiger partial charge in [0, 0.05) is 15.5 Å². The fourth-order valence-corrected chi connectivity index (χ4v) is 2.80. The Bertz CT molecular complexity index is 665. The van der Waals surface area contributed by atoms with E-state index in [9.17, 15) is 4.79 Å². The molecule has 1 N–H and O–H groups in total. The van der Waals surface area contributed by atoms with Gasteiger partial charge in [-0.3, -0.25) is 4.79 Å². The Hall–Kier alpha value is -1.78. The van der Waals surface area contributed by atoms with E-state index < -0.39 is 0 Å². The summed E-state index contributed by atoms with van der Waals surface area (Å²) in [6, 6.07) is 9.34. The SMILES string of the molecule is O=C(NCc1cccs1)C1=Cc2cc(Cl)ccc2OC1. The van der Waals surface area contributed by atoms with Crippen LogP contribution in [0.5, 0.6) is 5.75 Å². The molecule has 1 aromatic carbocycles. The highest BCUT2D eigenvalue weighted by molar-refractivity contribution is 7.09. The van der Waals surface area contributed by atoms with E-state index in [-0.39, 0.29) is 12.5 Å². The maximum Gasteiger partial charge on any atom is 0.250 e. The third-order valence-electron chi connectivity index (χ3n) is 2.98. The van der Waals surface area contributed by atoms with Crippen LogP contribution in [0.4, 0.5) is 0 Å². The molecule has 102 valence electrons. The van der Waals surface area contributed by atoms with Gasteiger partial charge in [0.25, 0.3) is 5.91 Å². The number of nitrogens with one attached hydrogen (secondary N) is 1. The number of halogens is 1. The summed E-state index contributed by atoms with van der Waals surface area (Å²) in [5.74, 6) is 0.647. The van der Waals surface area contributed by atoms with Crippen LogP contribution >= 0.6 is 22.9 Å². The predicted molar refractivity (Wildman–Crippen MR) is 81.1 cm³/mol. The molecule has 2 heterocycles. The van der Waals surface area contributed by atoms with Crippen LogP contribution in [0, 0.1) is 0 Å². The molecule has 0 bridgehead atoms. The van der Waals surface area contributed by atoms with E-state index in [1.54, 1.807) is 23.5 Å². The van der Waals surface area contributed by atoms with Crippen LogP contribution in [-0.2, 0) is 11.3 Å². The number of amides is 1. The Balaban J connectivity index is 1.72. The first kappa shape index (κ1) is 13.2. The van der Waals surface area contributed by atoms with E-state index in [1.165, 1.54) is 0 Å². The standard InChI is InChI=1S/C15H12ClNO2S/c16-12-3-4-14-10(7-12)6-11(9-19-14)15(18)17-8-13-2-1-5-20-13/h1-7H,8-9H2,(H,17,18). The van der Waals surface area contributed by atoms with Crippen molar-refractivity contribution < 1.29 is 9.53 Å². The van der Waals surface area contributed by atoms with Crippen molar-refractivity contribution in [1.29, 1.82) is 0 Å². The molecule has 0 radical (unpaired) electrons. The van der Waals surface area contributed by atoms with E-state index in [1.807, 2.05) is 29.7 Å². The second-order valence-corrected chi connectivity index (χ2v) is 5.87. The van der Waals surface area contributed by atoms with Crippen molar-refractivity contribution in [3.05, 3.63) is 56.7 Å². The molecule has 0 atom stereocenters. The van der Waals surface area contributed by atoms with Gasteiger partial charge in [-0.05, 0) is 35.7 Å². The van der Waals surface area contributed by atoms with Gasteiger partial charge < -0.3 is 10.1 Å². The zero-order valence-electron chi connectivity index (χ0n) is 10.6. The number of hydrogen-bond donors (Lipinski definition) is 1. The monoisotopic (exact) mass is 305 g/mol. The highest BCUT2D eigenvalue weighted by Gasteiger charge is 2.17. The number of fused-ring (bicyclic) bond motifs is 1. The van der Waals surface area contributed by atoms with Crippen LogP contribution in [0.15, 0.2) is 41.3 Å². The average Bonchev–Trinajstić information content (AvgIpc) is 2.97. The maximum absolute atomic E-state index is 12.1. The quantitative estimate of drug-likeness (QED) is 0.942. The summed E-state index contributed by atoms with van der Waals surface area (Å²) in [6.45, 7) is 0.821. The lowest BCUT2D eigenvalue weighted by Gasteiger charge is -2.17. The fraction of sp³-hybridized carbons (Fsp3) is 0.133. The molecule has 0 saturated carbocycles. The topological polar surface area (TPSA) is 38.3 Å². The molecule has 2 aromatic rings. The van der Waals surface area contributed by atoms with Gasteiger partial charge in [-0.1, -0.05) is 17.7 Å². The van der Waals surface area contributed by atoms with Crippen molar-refractivity contribution in [3.8, 4) is 5.75 Å².